The van der Waals surface area contributed by atoms with Gasteiger partial charge in [-0.25, -0.2) is 9.58 Å². The third-order valence-electron chi connectivity index (χ3n) is 5.75. The summed E-state index contributed by atoms with van der Waals surface area (Å²) in [7, 11) is 0. The molecule has 7 nitrogen and oxygen atoms in total. The summed E-state index contributed by atoms with van der Waals surface area (Å²) in [5, 5.41) is 7.24. The molecule has 0 bridgehead atoms. The van der Waals surface area contributed by atoms with E-state index in [0.717, 1.165) is 16.2 Å². The lowest BCUT2D eigenvalue weighted by Gasteiger charge is -2.15. The van der Waals surface area contributed by atoms with E-state index in [0.29, 0.717) is 33.8 Å². The highest BCUT2D eigenvalue weighted by Gasteiger charge is 2.36. The molecule has 5 rings (SSSR count). The van der Waals surface area contributed by atoms with Crippen LogP contribution in [0.2, 0.25) is 0 Å². The first kappa shape index (κ1) is 20.4. The highest BCUT2D eigenvalue weighted by atomic mass is 16.2. The summed E-state index contributed by atoms with van der Waals surface area (Å²) >= 11 is 0. The summed E-state index contributed by atoms with van der Waals surface area (Å²) in [6.07, 6.45) is 1.53. The molecule has 33 heavy (non-hydrogen) atoms. The van der Waals surface area contributed by atoms with Gasteiger partial charge >= 0.3 is 0 Å². The first-order valence-corrected chi connectivity index (χ1v) is 10.5. The molecule has 0 unspecified atom stereocenters. The summed E-state index contributed by atoms with van der Waals surface area (Å²) in [5.74, 6) is -1.09. The number of para-hydroxylation sites is 1. The van der Waals surface area contributed by atoms with Gasteiger partial charge in [0.15, 0.2) is 0 Å². The quantitative estimate of drug-likeness (QED) is 0.476. The standard InChI is InChI=1S/C26H20N4O3/c1-16-8-3-6-13-23(16)30-17(2)22(15-27-30)24(31)28-18-9-7-10-19(14-18)29-25(32)20-11-4-5-12-21(20)26(29)33/h3-15H,1-2H3,(H,28,31). The molecule has 7 heteroatoms. The van der Waals surface area contributed by atoms with E-state index in [2.05, 4.69) is 10.4 Å². The maximum absolute atomic E-state index is 13.0. The number of fused-ring (bicyclic) bond motifs is 1. The lowest BCUT2D eigenvalue weighted by molar-refractivity contribution is 0.0925. The maximum Gasteiger partial charge on any atom is 0.266 e. The number of hydrogen-bond donors (Lipinski definition) is 1. The van der Waals surface area contributed by atoms with Gasteiger partial charge in [-0.05, 0) is 55.8 Å². The van der Waals surface area contributed by atoms with Gasteiger partial charge in [-0.3, -0.25) is 14.4 Å². The molecule has 0 radical (unpaired) electrons. The molecule has 0 atom stereocenters. The van der Waals surface area contributed by atoms with E-state index in [4.69, 9.17) is 0 Å². The Morgan fingerprint density at radius 1 is 0.848 bits per heavy atom. The monoisotopic (exact) mass is 436 g/mol. The third-order valence-corrected chi connectivity index (χ3v) is 5.75. The topological polar surface area (TPSA) is 84.3 Å². The van der Waals surface area contributed by atoms with Crippen molar-refractivity contribution in [3.63, 3.8) is 0 Å². The Morgan fingerprint density at radius 3 is 2.21 bits per heavy atom. The molecule has 0 saturated heterocycles. The number of imide groups is 1. The number of carbonyl (C=O) groups excluding carboxylic acids is 3. The zero-order valence-electron chi connectivity index (χ0n) is 18.1. The number of anilines is 2. The predicted octanol–water partition coefficient (Wildman–Crippen LogP) is 4.54. The molecule has 3 amide bonds. The Bertz CT molecular complexity index is 1400. The Balaban J connectivity index is 1.41. The van der Waals surface area contributed by atoms with Crippen molar-refractivity contribution in [1.29, 1.82) is 0 Å². The van der Waals surface area contributed by atoms with E-state index < -0.39 is 0 Å². The molecule has 162 valence electrons. The Labute approximate surface area is 190 Å². The van der Waals surface area contributed by atoms with Crippen molar-refractivity contribution in [2.45, 2.75) is 13.8 Å². The van der Waals surface area contributed by atoms with Gasteiger partial charge in [0.25, 0.3) is 17.7 Å². The SMILES string of the molecule is Cc1ccccc1-n1ncc(C(=O)Nc2cccc(N3C(=O)c4ccccc4C3=O)c2)c1C. The molecule has 1 aromatic heterocycles. The minimum absolute atomic E-state index is 0.327. The summed E-state index contributed by atoms with van der Waals surface area (Å²) < 4.78 is 1.74. The van der Waals surface area contributed by atoms with Gasteiger partial charge in [-0.1, -0.05) is 36.4 Å². The molecule has 0 fully saturated rings. The fraction of sp³-hybridized carbons (Fsp3) is 0.0769. The molecular formula is C26H20N4O3. The number of rotatable bonds is 4. The second-order valence-corrected chi connectivity index (χ2v) is 7.84. The highest BCUT2D eigenvalue weighted by molar-refractivity contribution is 6.34. The van der Waals surface area contributed by atoms with Crippen LogP contribution in [0.1, 0.15) is 42.3 Å². The van der Waals surface area contributed by atoms with Crippen LogP contribution in [0, 0.1) is 13.8 Å². The van der Waals surface area contributed by atoms with Crippen LogP contribution in [0.25, 0.3) is 5.69 Å². The highest BCUT2D eigenvalue weighted by Crippen LogP contribution is 2.30. The molecule has 0 spiro atoms. The van der Waals surface area contributed by atoms with Gasteiger partial charge < -0.3 is 5.32 Å². The largest absolute Gasteiger partial charge is 0.322 e. The van der Waals surface area contributed by atoms with E-state index in [9.17, 15) is 14.4 Å². The van der Waals surface area contributed by atoms with E-state index in [-0.39, 0.29) is 17.7 Å². The number of nitrogens with one attached hydrogen (secondary N) is 1. The zero-order valence-corrected chi connectivity index (χ0v) is 18.1. The average Bonchev–Trinajstić information content (AvgIpc) is 3.32. The van der Waals surface area contributed by atoms with Crippen LogP contribution in [0.4, 0.5) is 11.4 Å². The number of amides is 3. The van der Waals surface area contributed by atoms with Gasteiger partial charge in [0.05, 0.1) is 40.0 Å². The predicted molar refractivity (Wildman–Crippen MR) is 125 cm³/mol. The molecule has 1 aliphatic rings. The minimum atomic E-state index is -0.380. The van der Waals surface area contributed by atoms with Gasteiger partial charge in [0, 0.05) is 5.69 Å². The van der Waals surface area contributed by atoms with Crippen molar-refractivity contribution in [1.82, 2.24) is 9.78 Å². The van der Waals surface area contributed by atoms with Gasteiger partial charge in [-0.2, -0.15) is 5.10 Å². The Kier molecular flexibility index (Phi) is 4.86. The fourth-order valence-corrected chi connectivity index (χ4v) is 4.02. The lowest BCUT2D eigenvalue weighted by Crippen LogP contribution is -2.29. The smallest absolute Gasteiger partial charge is 0.266 e. The Morgan fingerprint density at radius 2 is 1.52 bits per heavy atom. The summed E-state index contributed by atoms with van der Waals surface area (Å²) in [6, 6.07) is 21.2. The van der Waals surface area contributed by atoms with Crippen molar-refractivity contribution in [3.05, 3.63) is 107 Å². The van der Waals surface area contributed by atoms with Crippen LogP contribution in [0.15, 0.2) is 79.0 Å². The van der Waals surface area contributed by atoms with Gasteiger partial charge in [0.1, 0.15) is 0 Å². The van der Waals surface area contributed by atoms with E-state index >= 15 is 0 Å². The molecule has 1 aliphatic heterocycles. The molecule has 0 saturated carbocycles. The number of aromatic nitrogens is 2. The van der Waals surface area contributed by atoms with Crippen molar-refractivity contribution in [3.8, 4) is 5.69 Å². The van der Waals surface area contributed by atoms with Crippen LogP contribution in [-0.4, -0.2) is 27.5 Å². The molecular weight excluding hydrogens is 416 g/mol. The maximum atomic E-state index is 13.0. The number of benzene rings is 3. The van der Waals surface area contributed by atoms with Gasteiger partial charge in [0.2, 0.25) is 0 Å². The first-order valence-electron chi connectivity index (χ1n) is 10.5. The van der Waals surface area contributed by atoms with E-state index in [1.807, 2.05) is 38.1 Å². The van der Waals surface area contributed by atoms with Crippen LogP contribution < -0.4 is 10.2 Å². The zero-order chi connectivity index (χ0) is 23.1. The third kappa shape index (κ3) is 3.40. The second kappa shape index (κ2) is 7.87. The van der Waals surface area contributed by atoms with Crippen molar-refractivity contribution in [2.75, 3.05) is 10.2 Å². The van der Waals surface area contributed by atoms with Crippen molar-refractivity contribution < 1.29 is 14.4 Å². The minimum Gasteiger partial charge on any atom is -0.322 e. The van der Waals surface area contributed by atoms with E-state index in [1.165, 1.54) is 6.20 Å². The normalized spacial score (nSPS) is 12.7. The van der Waals surface area contributed by atoms with Crippen molar-refractivity contribution in [2.24, 2.45) is 0 Å². The number of carbonyl (C=O) groups is 3. The Hall–Kier alpha value is -4.52. The van der Waals surface area contributed by atoms with Crippen molar-refractivity contribution >= 4 is 29.1 Å². The van der Waals surface area contributed by atoms with E-state index in [1.54, 1.807) is 53.2 Å². The van der Waals surface area contributed by atoms with Crippen LogP contribution >= 0.6 is 0 Å². The molecule has 1 N–H and O–H groups in total. The van der Waals surface area contributed by atoms with Gasteiger partial charge in [-0.15, -0.1) is 0 Å². The van der Waals surface area contributed by atoms with Crippen LogP contribution in [0.3, 0.4) is 0 Å². The average molecular weight is 436 g/mol. The molecule has 4 aromatic rings. The number of hydrogen-bond acceptors (Lipinski definition) is 4. The lowest BCUT2D eigenvalue weighted by atomic mass is 10.1. The van der Waals surface area contributed by atoms with Crippen LogP contribution in [0.5, 0.6) is 0 Å². The second-order valence-electron chi connectivity index (χ2n) is 7.84. The summed E-state index contributed by atoms with van der Waals surface area (Å²) in [4.78, 5) is 39.7. The molecule has 2 heterocycles. The first-order chi connectivity index (χ1) is 16.0. The van der Waals surface area contributed by atoms with Crippen LogP contribution in [-0.2, 0) is 0 Å². The number of nitrogens with zero attached hydrogens (tertiary/aromatic N) is 3. The number of aryl methyl sites for hydroxylation is 1. The molecule has 0 aliphatic carbocycles. The summed E-state index contributed by atoms with van der Waals surface area (Å²) in [6.45, 7) is 3.82. The molecule has 3 aromatic carbocycles. The summed E-state index contributed by atoms with van der Waals surface area (Å²) in [5.41, 5.74) is 4.70. The fourth-order valence-electron chi connectivity index (χ4n) is 4.02.